The van der Waals surface area contributed by atoms with E-state index in [0.717, 1.165) is 67.3 Å². The molecule has 0 aromatic heterocycles. The van der Waals surface area contributed by atoms with Crippen LogP contribution in [0.5, 0.6) is 46.0 Å². The fraction of sp³-hybridized carbons (Fsp3) is 0.514. The number of methoxy groups -OCH3 is 1. The molecule has 11 nitrogen and oxygen atoms in total. The maximum atomic E-state index is 9.01. The summed E-state index contributed by atoms with van der Waals surface area (Å²) < 4.78 is 43.6. The Labute approximate surface area is 744 Å². The van der Waals surface area contributed by atoms with Gasteiger partial charge in [0.1, 0.15) is 51.6 Å². The maximum absolute atomic E-state index is 9.01. The van der Waals surface area contributed by atoms with E-state index in [2.05, 4.69) is 263 Å². The Morgan fingerprint density at radius 1 is 0.230 bits per heavy atom. The molecular formula is C111H168O11. The quantitative estimate of drug-likeness (QED) is 0.0348. The van der Waals surface area contributed by atoms with Crippen LogP contribution in [-0.2, 0) is 19.6 Å². The van der Waals surface area contributed by atoms with E-state index in [1.807, 2.05) is 126 Å². The van der Waals surface area contributed by atoms with Gasteiger partial charge in [-0.3, -0.25) is 0 Å². The van der Waals surface area contributed by atoms with Crippen molar-refractivity contribution in [3.05, 3.63) is 274 Å². The van der Waals surface area contributed by atoms with Crippen LogP contribution < -0.4 is 23.7 Å². The van der Waals surface area contributed by atoms with Crippen LogP contribution in [0.2, 0.25) is 0 Å². The Morgan fingerprint density at radius 3 is 0.549 bits per heavy atom. The first kappa shape index (κ1) is 111. The van der Waals surface area contributed by atoms with Crippen molar-refractivity contribution in [3.8, 4) is 46.0 Å². The molecule has 0 fully saturated rings. The minimum Gasteiger partial charge on any atom is -0.508 e. The van der Waals surface area contributed by atoms with Crippen LogP contribution >= 0.6 is 0 Å². The van der Waals surface area contributed by atoms with Gasteiger partial charge in [0.05, 0.1) is 7.11 Å². The third-order valence-electron chi connectivity index (χ3n) is 22.3. The number of benzene rings is 9. The molecule has 0 aliphatic rings. The van der Waals surface area contributed by atoms with Crippen LogP contribution in [0.1, 0.15) is 374 Å². The fourth-order valence-electron chi connectivity index (χ4n) is 12.0. The Kier molecular flexibility index (Phi) is 56.9. The highest BCUT2D eigenvalue weighted by Gasteiger charge is 2.16. The molecule has 9 aromatic rings. The standard InChI is InChI=1S/3C14H22O2.C14H22O.C14H22.C11H16O.3C10H14O/c3*1-5-11(3)13-7-9-14(10-8-13)16-12(4)15-6-2;1-6-11(2)12-7-9-13(10-8-12)15-14(3,4)5;1-6-11(2)12-7-9-13(10-8-12)14(3,4)5;1-4-9(2)10-5-7-11(12-3)8-6-10;3*1-3-8(2)9-4-6-10(11)7-5-9/h3*7-12H,5-6H2,1-4H3;7-11H,6H2,1-5H3;7-11H,6H2,1-5H3;5-9H,4H2,1-3H3;3*4-8,11H,3H2,1-2H3. The Hall–Kier alpha value is -8.74. The summed E-state index contributed by atoms with van der Waals surface area (Å²) >= 11 is 0. The zero-order chi connectivity index (χ0) is 91.9. The summed E-state index contributed by atoms with van der Waals surface area (Å²) in [6.45, 7) is 66.4. The number of ether oxygens (including phenoxy) is 8. The van der Waals surface area contributed by atoms with Crippen molar-refractivity contribution in [2.24, 2.45) is 0 Å². The first-order chi connectivity index (χ1) is 57.9. The molecule has 3 N–H and O–H groups in total. The van der Waals surface area contributed by atoms with Crippen molar-refractivity contribution in [1.82, 2.24) is 0 Å². The van der Waals surface area contributed by atoms with Gasteiger partial charge >= 0.3 is 0 Å². The molecule has 0 radical (unpaired) electrons. The lowest BCUT2D eigenvalue weighted by atomic mass is 9.85. The highest BCUT2D eigenvalue weighted by atomic mass is 16.7. The first-order valence-corrected chi connectivity index (χ1v) is 45.9. The van der Waals surface area contributed by atoms with Gasteiger partial charge in [0.25, 0.3) is 0 Å². The van der Waals surface area contributed by atoms with E-state index in [1.54, 1.807) is 43.5 Å². The monoisotopic (exact) mass is 1680 g/mol. The van der Waals surface area contributed by atoms with E-state index < -0.39 is 0 Å². The summed E-state index contributed by atoms with van der Waals surface area (Å²) in [6, 6.07) is 72.9. The Bertz CT molecular complexity index is 3700. The van der Waals surface area contributed by atoms with Crippen molar-refractivity contribution < 1.29 is 53.2 Å². The van der Waals surface area contributed by atoms with Gasteiger partial charge in [0.2, 0.25) is 0 Å². The van der Waals surface area contributed by atoms with Gasteiger partial charge in [-0.1, -0.05) is 267 Å². The normalized spacial score (nSPS) is 13.7. The summed E-state index contributed by atoms with van der Waals surface area (Å²) in [5.74, 6) is 11.1. The zero-order valence-corrected chi connectivity index (χ0v) is 81.8. The van der Waals surface area contributed by atoms with Crippen molar-refractivity contribution >= 4 is 0 Å². The summed E-state index contributed by atoms with van der Waals surface area (Å²) in [5, 5.41) is 27.0. The lowest BCUT2D eigenvalue weighted by Crippen LogP contribution is -2.22. The Morgan fingerprint density at radius 2 is 0.393 bits per heavy atom. The van der Waals surface area contributed by atoms with E-state index in [0.29, 0.717) is 90.3 Å². The van der Waals surface area contributed by atoms with Gasteiger partial charge < -0.3 is 53.2 Å². The average molecular weight is 1680 g/mol. The molecule has 0 saturated carbocycles. The second-order valence-corrected chi connectivity index (χ2v) is 34.1. The van der Waals surface area contributed by atoms with Crippen LogP contribution in [0, 0.1) is 0 Å². The SMILES string of the molecule is CCC(C)c1ccc(C(C)(C)C)cc1.CCC(C)c1ccc(O)cc1.CCC(C)c1ccc(O)cc1.CCC(C)c1ccc(O)cc1.CCC(C)c1ccc(OC(C)(C)C)cc1.CCC(C)c1ccc(OC)cc1.CCOC(C)Oc1ccc(C(C)CC)cc1.CCOC(C)Oc1ccc(C(C)CC)cc1.CCOC(C)Oc1ccc(C(C)CC)cc1. The number of hydrogen-bond acceptors (Lipinski definition) is 11. The summed E-state index contributed by atoms with van der Waals surface area (Å²) in [4.78, 5) is 0. The molecular weight excluding hydrogens is 1510 g/mol. The fourth-order valence-corrected chi connectivity index (χ4v) is 12.0. The third-order valence-corrected chi connectivity index (χ3v) is 22.3. The molecule has 0 amide bonds. The largest absolute Gasteiger partial charge is 0.508 e. The molecule has 11 heteroatoms. The van der Waals surface area contributed by atoms with Crippen molar-refractivity contribution in [2.75, 3.05) is 26.9 Å². The minimum atomic E-state index is -0.181. The molecule has 0 aliphatic heterocycles. The number of hydrogen-bond donors (Lipinski definition) is 3. The van der Waals surface area contributed by atoms with Crippen LogP contribution in [0.3, 0.4) is 0 Å². The number of aromatic hydroxyl groups is 3. The van der Waals surface area contributed by atoms with E-state index >= 15 is 0 Å². The van der Waals surface area contributed by atoms with Gasteiger partial charge in [0.15, 0.2) is 18.9 Å². The topological polar surface area (TPSA) is 135 Å². The minimum absolute atomic E-state index is 0.113. The first-order valence-electron chi connectivity index (χ1n) is 45.9. The average Bonchev–Trinajstić information content (AvgIpc) is 0.847. The third kappa shape index (κ3) is 47.2. The smallest absolute Gasteiger partial charge is 0.196 e. The summed E-state index contributed by atoms with van der Waals surface area (Å²) in [7, 11) is 1.69. The molecule has 0 aliphatic carbocycles. The highest BCUT2D eigenvalue weighted by molar-refractivity contribution is 5.36. The predicted molar refractivity (Wildman–Crippen MR) is 522 cm³/mol. The van der Waals surface area contributed by atoms with Gasteiger partial charge in [-0.05, 0) is 331 Å². The summed E-state index contributed by atoms with van der Waals surface area (Å²) in [5.41, 5.74) is 13.8. The van der Waals surface area contributed by atoms with E-state index in [1.165, 1.54) is 74.9 Å². The molecule has 0 bridgehead atoms. The number of phenols is 3. The second kappa shape index (κ2) is 62.4. The zero-order valence-electron chi connectivity index (χ0n) is 81.8. The molecule has 9 rings (SSSR count). The Balaban J connectivity index is 0.000000689. The lowest BCUT2D eigenvalue weighted by molar-refractivity contribution is -0.0616. The second-order valence-electron chi connectivity index (χ2n) is 34.1. The van der Waals surface area contributed by atoms with Crippen molar-refractivity contribution in [3.63, 3.8) is 0 Å². The summed E-state index contributed by atoms with van der Waals surface area (Å²) in [6.07, 6.45) is 9.96. The van der Waals surface area contributed by atoms with E-state index in [9.17, 15) is 0 Å². The van der Waals surface area contributed by atoms with E-state index in [4.69, 9.17) is 53.2 Å². The maximum Gasteiger partial charge on any atom is 0.196 e. The molecule has 12 unspecified atom stereocenters. The predicted octanol–water partition coefficient (Wildman–Crippen LogP) is 32.7. The van der Waals surface area contributed by atoms with E-state index in [-0.39, 0.29) is 29.9 Å². The molecule has 9 aromatic carbocycles. The van der Waals surface area contributed by atoms with Crippen LogP contribution in [0.4, 0.5) is 0 Å². The highest BCUT2D eigenvalue weighted by Crippen LogP contribution is 2.31. The van der Waals surface area contributed by atoms with Gasteiger partial charge in [0, 0.05) is 19.8 Å². The van der Waals surface area contributed by atoms with Gasteiger partial charge in [-0.25, -0.2) is 0 Å². The molecule has 0 heterocycles. The van der Waals surface area contributed by atoms with Crippen molar-refractivity contribution in [2.45, 2.75) is 349 Å². The molecule has 0 spiro atoms. The molecule has 678 valence electrons. The van der Waals surface area contributed by atoms with Crippen LogP contribution in [-0.4, -0.2) is 66.7 Å². The molecule has 12 atom stereocenters. The van der Waals surface area contributed by atoms with Crippen LogP contribution in [0.25, 0.3) is 0 Å². The van der Waals surface area contributed by atoms with Gasteiger partial charge in [-0.15, -0.1) is 0 Å². The lowest BCUT2D eigenvalue weighted by Gasteiger charge is -2.21. The van der Waals surface area contributed by atoms with Crippen LogP contribution in [0.15, 0.2) is 218 Å². The molecule has 122 heavy (non-hydrogen) atoms. The number of phenolic OH excluding ortho intramolecular Hbond substituents is 3. The number of rotatable bonds is 32. The molecule has 0 saturated heterocycles. The van der Waals surface area contributed by atoms with Crippen molar-refractivity contribution in [1.29, 1.82) is 0 Å². The van der Waals surface area contributed by atoms with Gasteiger partial charge in [-0.2, -0.15) is 0 Å².